The standard InChI is InChI=1S/C7H15N.C2H4O2/c1-8-7-5-3-2-4-6-7;1-2(3)4/h7-8H,2-6H2,1H3;1H3,(H,3,4). The van der Waals surface area contributed by atoms with Crippen molar-refractivity contribution in [1.29, 1.82) is 0 Å². The van der Waals surface area contributed by atoms with Crippen LogP contribution < -0.4 is 5.32 Å². The van der Waals surface area contributed by atoms with Crippen molar-refractivity contribution in [2.24, 2.45) is 0 Å². The highest BCUT2D eigenvalue weighted by Gasteiger charge is 2.09. The molecule has 3 nitrogen and oxygen atoms in total. The SMILES string of the molecule is CC(=O)O.CNC1CCCCC1. The lowest BCUT2D eigenvalue weighted by molar-refractivity contribution is -0.134. The molecule has 1 saturated carbocycles. The first-order chi connectivity index (χ1) is 5.66. The van der Waals surface area contributed by atoms with Gasteiger partial charge >= 0.3 is 0 Å². The normalized spacial score (nSPS) is 17.8. The van der Waals surface area contributed by atoms with E-state index in [1.165, 1.54) is 32.1 Å². The molecule has 3 heteroatoms. The van der Waals surface area contributed by atoms with Crippen LogP contribution in [0.25, 0.3) is 0 Å². The summed E-state index contributed by atoms with van der Waals surface area (Å²) in [6, 6.07) is 0.837. The maximum atomic E-state index is 9.00. The number of carboxylic acids is 1. The summed E-state index contributed by atoms with van der Waals surface area (Å²) in [5, 5.41) is 10.7. The molecular weight excluding hydrogens is 154 g/mol. The van der Waals surface area contributed by atoms with Crippen LogP contribution in [0.4, 0.5) is 0 Å². The van der Waals surface area contributed by atoms with Crippen molar-refractivity contribution in [2.75, 3.05) is 7.05 Å². The third-order valence-electron chi connectivity index (χ3n) is 2.01. The zero-order valence-electron chi connectivity index (χ0n) is 7.97. The average Bonchev–Trinajstić information content (AvgIpc) is 2.05. The van der Waals surface area contributed by atoms with Gasteiger partial charge in [0.15, 0.2) is 0 Å². The van der Waals surface area contributed by atoms with Crippen molar-refractivity contribution in [1.82, 2.24) is 5.32 Å². The molecule has 0 aromatic rings. The van der Waals surface area contributed by atoms with E-state index in [4.69, 9.17) is 9.90 Å². The molecular formula is C9H19NO2. The molecule has 0 heterocycles. The van der Waals surface area contributed by atoms with Crippen molar-refractivity contribution >= 4 is 5.97 Å². The highest BCUT2D eigenvalue weighted by Crippen LogP contribution is 2.16. The molecule has 1 fully saturated rings. The molecule has 0 bridgehead atoms. The number of aliphatic carboxylic acids is 1. The highest BCUT2D eigenvalue weighted by molar-refractivity contribution is 5.62. The van der Waals surface area contributed by atoms with Gasteiger partial charge in [0.05, 0.1) is 0 Å². The summed E-state index contributed by atoms with van der Waals surface area (Å²) in [5.74, 6) is -0.833. The number of carbonyl (C=O) groups is 1. The Morgan fingerprint density at radius 3 is 2.00 bits per heavy atom. The van der Waals surface area contributed by atoms with Crippen LogP contribution in [0.1, 0.15) is 39.0 Å². The quantitative estimate of drug-likeness (QED) is 0.633. The average molecular weight is 173 g/mol. The number of hydrogen-bond donors (Lipinski definition) is 2. The molecule has 0 amide bonds. The van der Waals surface area contributed by atoms with Crippen molar-refractivity contribution < 1.29 is 9.90 Å². The predicted molar refractivity (Wildman–Crippen MR) is 49.2 cm³/mol. The molecule has 12 heavy (non-hydrogen) atoms. The first-order valence-corrected chi connectivity index (χ1v) is 4.53. The number of nitrogens with one attached hydrogen (secondary N) is 1. The van der Waals surface area contributed by atoms with Crippen LogP contribution in [0, 0.1) is 0 Å². The Kier molecular flexibility index (Phi) is 6.76. The molecule has 0 radical (unpaired) electrons. The molecule has 0 aliphatic heterocycles. The lowest BCUT2D eigenvalue weighted by atomic mass is 9.96. The molecule has 1 aliphatic carbocycles. The minimum Gasteiger partial charge on any atom is -0.481 e. The van der Waals surface area contributed by atoms with E-state index in [1.54, 1.807) is 0 Å². The van der Waals surface area contributed by atoms with E-state index >= 15 is 0 Å². The molecule has 0 spiro atoms. The van der Waals surface area contributed by atoms with Gasteiger partial charge in [-0.15, -0.1) is 0 Å². The lowest BCUT2D eigenvalue weighted by Crippen LogP contribution is -2.26. The van der Waals surface area contributed by atoms with Gasteiger partial charge in [0.1, 0.15) is 0 Å². The van der Waals surface area contributed by atoms with E-state index in [9.17, 15) is 0 Å². The summed E-state index contributed by atoms with van der Waals surface area (Å²) >= 11 is 0. The van der Waals surface area contributed by atoms with Crippen molar-refractivity contribution in [3.05, 3.63) is 0 Å². The Morgan fingerprint density at radius 2 is 1.75 bits per heavy atom. The summed E-state index contributed by atoms with van der Waals surface area (Å²) in [4.78, 5) is 9.00. The predicted octanol–water partition coefficient (Wildman–Crippen LogP) is 1.63. The van der Waals surface area contributed by atoms with Gasteiger partial charge in [0, 0.05) is 13.0 Å². The van der Waals surface area contributed by atoms with Gasteiger partial charge in [0.2, 0.25) is 0 Å². The van der Waals surface area contributed by atoms with Gasteiger partial charge in [0.25, 0.3) is 5.97 Å². The summed E-state index contributed by atoms with van der Waals surface area (Å²) in [7, 11) is 2.07. The summed E-state index contributed by atoms with van der Waals surface area (Å²) in [6.07, 6.45) is 7.13. The summed E-state index contributed by atoms with van der Waals surface area (Å²) in [6.45, 7) is 1.08. The molecule has 0 saturated heterocycles. The smallest absolute Gasteiger partial charge is 0.300 e. The molecule has 0 aromatic carbocycles. The van der Waals surface area contributed by atoms with Gasteiger partial charge in [-0.05, 0) is 19.9 Å². The number of carboxylic acid groups (broad SMARTS) is 1. The Morgan fingerprint density at radius 1 is 1.33 bits per heavy atom. The van der Waals surface area contributed by atoms with E-state index < -0.39 is 5.97 Å². The second kappa shape index (κ2) is 7.10. The van der Waals surface area contributed by atoms with Crippen LogP contribution in [0.3, 0.4) is 0 Å². The van der Waals surface area contributed by atoms with Crippen LogP contribution in [0.5, 0.6) is 0 Å². The maximum Gasteiger partial charge on any atom is 0.300 e. The molecule has 0 atom stereocenters. The van der Waals surface area contributed by atoms with E-state index in [-0.39, 0.29) is 0 Å². The Hall–Kier alpha value is -0.570. The molecule has 0 unspecified atom stereocenters. The van der Waals surface area contributed by atoms with Gasteiger partial charge < -0.3 is 10.4 Å². The fraction of sp³-hybridized carbons (Fsp3) is 0.889. The molecule has 1 rings (SSSR count). The molecule has 2 N–H and O–H groups in total. The topological polar surface area (TPSA) is 49.3 Å². The largest absolute Gasteiger partial charge is 0.481 e. The van der Waals surface area contributed by atoms with Crippen molar-refractivity contribution in [3.63, 3.8) is 0 Å². The highest BCUT2D eigenvalue weighted by atomic mass is 16.4. The van der Waals surface area contributed by atoms with Crippen LogP contribution in [-0.2, 0) is 4.79 Å². The number of hydrogen-bond acceptors (Lipinski definition) is 2. The van der Waals surface area contributed by atoms with E-state index in [0.29, 0.717) is 0 Å². The van der Waals surface area contributed by atoms with Crippen LogP contribution in [-0.4, -0.2) is 24.2 Å². The van der Waals surface area contributed by atoms with Gasteiger partial charge in [-0.25, -0.2) is 0 Å². The monoisotopic (exact) mass is 173 g/mol. The van der Waals surface area contributed by atoms with Gasteiger partial charge in [-0.2, -0.15) is 0 Å². The van der Waals surface area contributed by atoms with Crippen LogP contribution in [0.15, 0.2) is 0 Å². The summed E-state index contributed by atoms with van der Waals surface area (Å²) < 4.78 is 0. The third kappa shape index (κ3) is 7.54. The van der Waals surface area contributed by atoms with Gasteiger partial charge in [-0.3, -0.25) is 4.79 Å². The lowest BCUT2D eigenvalue weighted by Gasteiger charge is -2.20. The molecule has 1 aliphatic rings. The van der Waals surface area contributed by atoms with Crippen molar-refractivity contribution in [2.45, 2.75) is 45.1 Å². The Labute approximate surface area is 74.2 Å². The van der Waals surface area contributed by atoms with E-state index in [1.807, 2.05) is 0 Å². The van der Waals surface area contributed by atoms with Crippen molar-refractivity contribution in [3.8, 4) is 0 Å². The Balaban J connectivity index is 0.000000261. The second-order valence-electron chi connectivity index (χ2n) is 3.14. The molecule has 0 aromatic heterocycles. The first kappa shape index (κ1) is 11.4. The maximum absolute atomic E-state index is 9.00. The molecule has 72 valence electrons. The van der Waals surface area contributed by atoms with E-state index in [2.05, 4.69) is 12.4 Å². The fourth-order valence-corrected chi connectivity index (χ4v) is 1.39. The summed E-state index contributed by atoms with van der Waals surface area (Å²) in [5.41, 5.74) is 0. The van der Waals surface area contributed by atoms with E-state index in [0.717, 1.165) is 13.0 Å². The second-order valence-corrected chi connectivity index (χ2v) is 3.14. The Bertz CT molecular complexity index is 116. The first-order valence-electron chi connectivity index (χ1n) is 4.53. The minimum atomic E-state index is -0.833. The number of rotatable bonds is 1. The zero-order chi connectivity index (χ0) is 9.40. The zero-order valence-corrected chi connectivity index (χ0v) is 7.97. The minimum absolute atomic E-state index is 0.833. The van der Waals surface area contributed by atoms with Gasteiger partial charge in [-0.1, -0.05) is 19.3 Å². The fourth-order valence-electron chi connectivity index (χ4n) is 1.39. The third-order valence-corrected chi connectivity index (χ3v) is 2.01. The van der Waals surface area contributed by atoms with Crippen LogP contribution >= 0.6 is 0 Å². The van der Waals surface area contributed by atoms with Crippen LogP contribution in [0.2, 0.25) is 0 Å².